The van der Waals surface area contributed by atoms with Gasteiger partial charge in [0.25, 0.3) is 0 Å². The smallest absolute Gasteiger partial charge is 0.137 e. The van der Waals surface area contributed by atoms with Crippen LogP contribution in [-0.4, -0.2) is 29.8 Å². The summed E-state index contributed by atoms with van der Waals surface area (Å²) in [5, 5.41) is 0. The van der Waals surface area contributed by atoms with Gasteiger partial charge in [-0.3, -0.25) is 9.69 Å². The van der Waals surface area contributed by atoms with Crippen molar-refractivity contribution in [1.82, 2.24) is 4.90 Å². The monoisotopic (exact) mass is 249 g/mol. The molecule has 1 aliphatic heterocycles. The highest BCUT2D eigenvalue weighted by atomic mass is 16.1. The molecule has 2 heteroatoms. The molecule has 3 aliphatic rings. The quantitative estimate of drug-likeness (QED) is 0.699. The number of hydrogen-bond acceptors (Lipinski definition) is 2. The van der Waals surface area contributed by atoms with Crippen LogP contribution in [0.4, 0.5) is 0 Å². The highest BCUT2D eigenvalue weighted by Crippen LogP contribution is 2.37. The minimum atomic E-state index is 0.367. The van der Waals surface area contributed by atoms with Crippen molar-refractivity contribution in [2.45, 2.75) is 70.3 Å². The molecule has 0 aromatic rings. The molecule has 2 aliphatic carbocycles. The van der Waals surface area contributed by atoms with Gasteiger partial charge in [-0.15, -0.1) is 0 Å². The van der Waals surface area contributed by atoms with E-state index < -0.39 is 0 Å². The van der Waals surface area contributed by atoms with E-state index in [0.29, 0.717) is 11.7 Å². The lowest BCUT2D eigenvalue weighted by molar-refractivity contribution is -0.123. The average Bonchev–Trinajstić information content (AvgIpc) is 2.77. The minimum absolute atomic E-state index is 0.367. The molecular weight excluding hydrogens is 222 g/mol. The predicted octanol–water partition coefficient (Wildman–Crippen LogP) is 3.40. The number of fused-ring (bicyclic) bond motifs is 1. The van der Waals surface area contributed by atoms with Crippen molar-refractivity contribution in [3.05, 3.63) is 0 Å². The lowest BCUT2D eigenvalue weighted by Gasteiger charge is -2.39. The van der Waals surface area contributed by atoms with Crippen LogP contribution in [0, 0.1) is 11.8 Å². The van der Waals surface area contributed by atoms with Crippen LogP contribution in [0.2, 0.25) is 0 Å². The van der Waals surface area contributed by atoms with E-state index in [0.717, 1.165) is 37.8 Å². The number of piperidine rings is 1. The fraction of sp³-hybridized carbons (Fsp3) is 0.938. The molecule has 102 valence electrons. The highest BCUT2D eigenvalue weighted by Gasteiger charge is 2.36. The van der Waals surface area contributed by atoms with Gasteiger partial charge in [0, 0.05) is 24.9 Å². The lowest BCUT2D eigenvalue weighted by Crippen LogP contribution is -2.45. The first-order valence-corrected chi connectivity index (χ1v) is 8.11. The summed E-state index contributed by atoms with van der Waals surface area (Å²) in [7, 11) is 0. The molecular formula is C16H27NO. The van der Waals surface area contributed by atoms with Crippen molar-refractivity contribution in [3.63, 3.8) is 0 Å². The number of likely N-dealkylation sites (tertiary alicyclic amines) is 1. The Bertz CT molecular complexity index is 301. The Balaban J connectivity index is 1.61. The molecule has 2 nitrogen and oxygen atoms in total. The van der Waals surface area contributed by atoms with Gasteiger partial charge in [0.05, 0.1) is 0 Å². The van der Waals surface area contributed by atoms with E-state index in [-0.39, 0.29) is 0 Å². The Kier molecular flexibility index (Phi) is 4.03. The number of hydrogen-bond donors (Lipinski definition) is 0. The molecule has 1 saturated heterocycles. The Labute approximate surface area is 111 Å². The van der Waals surface area contributed by atoms with Crippen LogP contribution >= 0.6 is 0 Å². The van der Waals surface area contributed by atoms with Gasteiger partial charge < -0.3 is 0 Å². The van der Waals surface area contributed by atoms with Crippen LogP contribution in [0.5, 0.6) is 0 Å². The van der Waals surface area contributed by atoms with E-state index in [4.69, 9.17) is 0 Å². The molecule has 0 amide bonds. The summed E-state index contributed by atoms with van der Waals surface area (Å²) in [6, 6.07) is 0.829. The maximum atomic E-state index is 12.2. The highest BCUT2D eigenvalue weighted by molar-refractivity contribution is 5.81. The standard InChI is InChI=1S/C16H27NO/c18-16-10-3-1-2-6-14(16)12-17-11-5-8-13-7-4-9-15(13)17/h13-15H,1-12H2. The van der Waals surface area contributed by atoms with Gasteiger partial charge >= 0.3 is 0 Å². The third-order valence-electron chi connectivity index (χ3n) is 5.49. The third kappa shape index (κ3) is 2.64. The fourth-order valence-corrected chi connectivity index (χ4v) is 4.49. The Morgan fingerprint density at radius 3 is 2.78 bits per heavy atom. The molecule has 1 heterocycles. The molecule has 3 fully saturated rings. The first-order valence-electron chi connectivity index (χ1n) is 8.11. The fourth-order valence-electron chi connectivity index (χ4n) is 4.49. The van der Waals surface area contributed by atoms with E-state index in [1.54, 1.807) is 0 Å². The number of carbonyl (C=O) groups excluding carboxylic acids is 1. The number of Topliss-reactive ketones (excluding diaryl/α,β-unsaturated/α-hetero) is 1. The van der Waals surface area contributed by atoms with Gasteiger partial charge in [-0.2, -0.15) is 0 Å². The Morgan fingerprint density at radius 1 is 0.944 bits per heavy atom. The molecule has 3 rings (SSSR count). The van der Waals surface area contributed by atoms with Crippen LogP contribution in [-0.2, 0) is 4.79 Å². The molecule has 3 unspecified atom stereocenters. The zero-order valence-corrected chi connectivity index (χ0v) is 11.6. The van der Waals surface area contributed by atoms with Crippen molar-refractivity contribution in [1.29, 1.82) is 0 Å². The number of rotatable bonds is 2. The molecule has 0 aromatic heterocycles. The van der Waals surface area contributed by atoms with Crippen LogP contribution in [0.15, 0.2) is 0 Å². The molecule has 0 spiro atoms. The Hall–Kier alpha value is -0.370. The average molecular weight is 249 g/mol. The van der Waals surface area contributed by atoms with Gasteiger partial charge in [0.15, 0.2) is 0 Å². The minimum Gasteiger partial charge on any atom is -0.299 e. The summed E-state index contributed by atoms with van der Waals surface area (Å²) in [6.07, 6.45) is 12.8. The van der Waals surface area contributed by atoms with Gasteiger partial charge in [-0.05, 0) is 51.0 Å². The second-order valence-electron chi connectivity index (χ2n) is 6.66. The first kappa shape index (κ1) is 12.7. The van der Waals surface area contributed by atoms with Crippen molar-refractivity contribution >= 4 is 5.78 Å². The van der Waals surface area contributed by atoms with E-state index in [9.17, 15) is 4.79 Å². The molecule has 2 saturated carbocycles. The van der Waals surface area contributed by atoms with Crippen LogP contribution in [0.25, 0.3) is 0 Å². The summed E-state index contributed by atoms with van der Waals surface area (Å²) in [5.74, 6) is 1.89. The third-order valence-corrected chi connectivity index (χ3v) is 5.49. The van der Waals surface area contributed by atoms with Crippen molar-refractivity contribution in [2.24, 2.45) is 11.8 Å². The molecule has 0 bridgehead atoms. The first-order chi connectivity index (χ1) is 8.84. The molecule has 18 heavy (non-hydrogen) atoms. The summed E-state index contributed by atoms with van der Waals surface area (Å²) < 4.78 is 0. The van der Waals surface area contributed by atoms with Gasteiger partial charge in [-0.25, -0.2) is 0 Å². The SMILES string of the molecule is O=C1CCCCCC1CN1CCCC2CCCC21. The largest absolute Gasteiger partial charge is 0.299 e. The van der Waals surface area contributed by atoms with Gasteiger partial charge in [0.1, 0.15) is 5.78 Å². The van der Waals surface area contributed by atoms with Crippen molar-refractivity contribution in [3.8, 4) is 0 Å². The van der Waals surface area contributed by atoms with E-state index in [2.05, 4.69) is 4.90 Å². The van der Waals surface area contributed by atoms with Gasteiger partial charge in [0.2, 0.25) is 0 Å². The second-order valence-corrected chi connectivity index (χ2v) is 6.66. The van der Waals surface area contributed by atoms with Crippen LogP contribution in [0.3, 0.4) is 0 Å². The Morgan fingerprint density at radius 2 is 1.83 bits per heavy atom. The van der Waals surface area contributed by atoms with Crippen LogP contribution < -0.4 is 0 Å². The summed E-state index contributed by atoms with van der Waals surface area (Å²) >= 11 is 0. The van der Waals surface area contributed by atoms with Crippen LogP contribution in [0.1, 0.15) is 64.2 Å². The maximum Gasteiger partial charge on any atom is 0.137 e. The second kappa shape index (κ2) is 5.73. The summed E-state index contributed by atoms with van der Waals surface area (Å²) in [5.41, 5.74) is 0. The van der Waals surface area contributed by atoms with E-state index in [1.807, 2.05) is 0 Å². The molecule has 0 radical (unpaired) electrons. The molecule has 0 aromatic carbocycles. The number of ketones is 1. The van der Waals surface area contributed by atoms with Crippen molar-refractivity contribution < 1.29 is 4.79 Å². The zero-order valence-electron chi connectivity index (χ0n) is 11.6. The zero-order chi connectivity index (χ0) is 12.4. The number of nitrogens with zero attached hydrogens (tertiary/aromatic N) is 1. The molecule has 0 N–H and O–H groups in total. The predicted molar refractivity (Wildman–Crippen MR) is 73.5 cm³/mol. The topological polar surface area (TPSA) is 20.3 Å². The normalized spacial score (nSPS) is 38.4. The van der Waals surface area contributed by atoms with Gasteiger partial charge in [-0.1, -0.05) is 19.3 Å². The lowest BCUT2D eigenvalue weighted by atomic mass is 9.89. The maximum absolute atomic E-state index is 12.2. The van der Waals surface area contributed by atoms with E-state index >= 15 is 0 Å². The van der Waals surface area contributed by atoms with Crippen molar-refractivity contribution in [2.75, 3.05) is 13.1 Å². The van der Waals surface area contributed by atoms with E-state index in [1.165, 1.54) is 51.5 Å². The summed E-state index contributed by atoms with van der Waals surface area (Å²) in [6.45, 7) is 2.34. The summed E-state index contributed by atoms with van der Waals surface area (Å²) in [4.78, 5) is 14.8. The number of carbonyl (C=O) groups is 1. The molecule has 3 atom stereocenters.